The Morgan fingerprint density at radius 2 is 1.85 bits per heavy atom. The van der Waals surface area contributed by atoms with Gasteiger partial charge in [-0.1, -0.05) is 15.9 Å². The highest BCUT2D eigenvalue weighted by molar-refractivity contribution is 9.10. The highest BCUT2D eigenvalue weighted by atomic mass is 79.9. The molecule has 1 fully saturated rings. The summed E-state index contributed by atoms with van der Waals surface area (Å²) in [4.78, 5) is 5.06. The van der Waals surface area contributed by atoms with Gasteiger partial charge in [0.1, 0.15) is 5.75 Å². The van der Waals surface area contributed by atoms with Crippen LogP contribution in [-0.2, 0) is 6.54 Å². The van der Waals surface area contributed by atoms with Crippen molar-refractivity contribution in [1.82, 2.24) is 9.80 Å². The van der Waals surface area contributed by atoms with E-state index in [9.17, 15) is 0 Å². The van der Waals surface area contributed by atoms with Crippen molar-refractivity contribution >= 4 is 15.9 Å². The van der Waals surface area contributed by atoms with Gasteiger partial charge in [0.2, 0.25) is 0 Å². The first kappa shape index (κ1) is 15.8. The van der Waals surface area contributed by atoms with Gasteiger partial charge in [-0.2, -0.15) is 0 Å². The van der Waals surface area contributed by atoms with Crippen LogP contribution in [0.3, 0.4) is 0 Å². The van der Waals surface area contributed by atoms with Gasteiger partial charge in [-0.15, -0.1) is 0 Å². The van der Waals surface area contributed by atoms with E-state index >= 15 is 0 Å². The van der Waals surface area contributed by atoms with Gasteiger partial charge >= 0.3 is 0 Å². The molecule has 1 saturated heterocycles. The number of nitrogens with zero attached hydrogens (tertiary/aromatic N) is 2. The lowest BCUT2D eigenvalue weighted by Gasteiger charge is -2.37. The maximum atomic E-state index is 5.57. The maximum Gasteiger partial charge on any atom is 0.126 e. The minimum Gasteiger partial charge on any atom is -0.496 e. The fraction of sp³-hybridized carbons (Fsp3) is 0.625. The van der Waals surface area contributed by atoms with Gasteiger partial charge in [-0.3, -0.25) is 9.80 Å². The molecular weight excluding hydrogens is 316 g/mol. The Bertz CT molecular complexity index is 454. The lowest BCUT2D eigenvalue weighted by Crippen LogP contribution is -2.48. The molecule has 0 unspecified atom stereocenters. The molecule has 0 amide bonds. The normalized spacial score (nSPS) is 17.7. The van der Waals surface area contributed by atoms with Crippen molar-refractivity contribution in [2.24, 2.45) is 0 Å². The Labute approximate surface area is 131 Å². The van der Waals surface area contributed by atoms with E-state index in [1.165, 1.54) is 11.1 Å². The van der Waals surface area contributed by atoms with Crippen LogP contribution >= 0.6 is 15.9 Å². The second-order valence-electron chi connectivity index (χ2n) is 5.82. The fourth-order valence-electron chi connectivity index (χ4n) is 2.89. The maximum absolute atomic E-state index is 5.57. The van der Waals surface area contributed by atoms with Gasteiger partial charge in [-0.05, 0) is 38.5 Å². The summed E-state index contributed by atoms with van der Waals surface area (Å²) in [6.07, 6.45) is 0. The first-order valence-electron chi connectivity index (χ1n) is 7.30. The molecule has 0 spiro atoms. The molecule has 0 radical (unpaired) electrons. The highest BCUT2D eigenvalue weighted by Crippen LogP contribution is 2.29. The van der Waals surface area contributed by atoms with Crippen LogP contribution in [0.15, 0.2) is 16.6 Å². The first-order chi connectivity index (χ1) is 9.51. The highest BCUT2D eigenvalue weighted by Gasteiger charge is 2.20. The molecule has 20 heavy (non-hydrogen) atoms. The Morgan fingerprint density at radius 3 is 2.40 bits per heavy atom. The predicted molar refractivity (Wildman–Crippen MR) is 87.4 cm³/mol. The third-order valence-corrected chi connectivity index (χ3v) is 4.51. The summed E-state index contributed by atoms with van der Waals surface area (Å²) in [5.74, 6) is 1.03. The van der Waals surface area contributed by atoms with Crippen LogP contribution in [0.25, 0.3) is 0 Å². The molecule has 1 aromatic rings. The molecule has 0 aliphatic carbocycles. The molecule has 0 saturated carbocycles. The monoisotopic (exact) mass is 340 g/mol. The average molecular weight is 341 g/mol. The quantitative estimate of drug-likeness (QED) is 0.836. The van der Waals surface area contributed by atoms with Crippen LogP contribution in [0.2, 0.25) is 0 Å². The zero-order chi connectivity index (χ0) is 14.7. The van der Waals surface area contributed by atoms with Crippen LogP contribution < -0.4 is 4.74 Å². The molecule has 0 atom stereocenters. The van der Waals surface area contributed by atoms with Gasteiger partial charge < -0.3 is 4.74 Å². The summed E-state index contributed by atoms with van der Waals surface area (Å²) in [5.41, 5.74) is 2.47. The van der Waals surface area contributed by atoms with Crippen molar-refractivity contribution in [3.63, 3.8) is 0 Å². The number of piperazine rings is 1. The van der Waals surface area contributed by atoms with Gasteiger partial charge in [0.05, 0.1) is 7.11 Å². The second-order valence-corrected chi connectivity index (χ2v) is 6.74. The van der Waals surface area contributed by atoms with Crippen LogP contribution in [0.4, 0.5) is 0 Å². The number of benzene rings is 1. The van der Waals surface area contributed by atoms with Crippen LogP contribution in [0, 0.1) is 6.92 Å². The van der Waals surface area contributed by atoms with Gasteiger partial charge in [0.15, 0.2) is 0 Å². The third-order valence-electron chi connectivity index (χ3n) is 4.05. The van der Waals surface area contributed by atoms with Crippen molar-refractivity contribution in [3.8, 4) is 5.75 Å². The zero-order valence-electron chi connectivity index (χ0n) is 12.9. The van der Waals surface area contributed by atoms with E-state index in [0.29, 0.717) is 6.04 Å². The molecule has 1 heterocycles. The third kappa shape index (κ3) is 3.74. The minimum atomic E-state index is 0.653. The van der Waals surface area contributed by atoms with Gasteiger partial charge in [0.25, 0.3) is 0 Å². The molecule has 1 aromatic carbocycles. The van der Waals surface area contributed by atoms with Crippen molar-refractivity contribution in [2.75, 3.05) is 33.3 Å². The van der Waals surface area contributed by atoms with Crippen LogP contribution in [-0.4, -0.2) is 49.1 Å². The average Bonchev–Trinajstić information content (AvgIpc) is 2.39. The van der Waals surface area contributed by atoms with Gasteiger partial charge in [0, 0.05) is 48.8 Å². The van der Waals surface area contributed by atoms with E-state index in [1.807, 2.05) is 0 Å². The smallest absolute Gasteiger partial charge is 0.126 e. The van der Waals surface area contributed by atoms with Crippen LogP contribution in [0.1, 0.15) is 25.0 Å². The summed E-state index contributed by atoms with van der Waals surface area (Å²) in [6.45, 7) is 12.2. The summed E-state index contributed by atoms with van der Waals surface area (Å²) in [6, 6.07) is 4.94. The molecule has 0 aromatic heterocycles. The number of hydrogen-bond acceptors (Lipinski definition) is 3. The van der Waals surface area contributed by atoms with E-state index in [4.69, 9.17) is 4.74 Å². The van der Waals surface area contributed by atoms with Crippen molar-refractivity contribution < 1.29 is 4.74 Å². The molecule has 3 nitrogen and oxygen atoms in total. The number of methoxy groups -OCH3 is 1. The Hall–Kier alpha value is -0.580. The summed E-state index contributed by atoms with van der Waals surface area (Å²) < 4.78 is 6.71. The zero-order valence-corrected chi connectivity index (χ0v) is 14.5. The first-order valence-corrected chi connectivity index (χ1v) is 8.10. The van der Waals surface area contributed by atoms with Crippen molar-refractivity contribution in [1.29, 1.82) is 0 Å². The number of aryl methyl sites for hydroxylation is 1. The Kier molecular flexibility index (Phi) is 5.47. The molecule has 4 heteroatoms. The molecule has 0 bridgehead atoms. The molecular formula is C16H25BrN2O. The summed E-state index contributed by atoms with van der Waals surface area (Å²) in [5, 5.41) is 0. The number of halogens is 1. The second kappa shape index (κ2) is 6.92. The lowest BCUT2D eigenvalue weighted by atomic mass is 10.1. The number of ether oxygens (including phenoxy) is 1. The fourth-order valence-corrected chi connectivity index (χ4v) is 3.51. The molecule has 1 aliphatic heterocycles. The van der Waals surface area contributed by atoms with E-state index < -0.39 is 0 Å². The van der Waals surface area contributed by atoms with Crippen LogP contribution in [0.5, 0.6) is 5.75 Å². The topological polar surface area (TPSA) is 15.7 Å². The van der Waals surface area contributed by atoms with Crippen molar-refractivity contribution in [2.45, 2.75) is 33.4 Å². The SMILES string of the molecule is COc1c(C)cc(Br)cc1CN1CCN(C(C)C)CC1. The van der Waals surface area contributed by atoms with E-state index in [2.05, 4.69) is 58.6 Å². The molecule has 112 valence electrons. The molecule has 0 N–H and O–H groups in total. The van der Waals surface area contributed by atoms with E-state index in [-0.39, 0.29) is 0 Å². The number of rotatable bonds is 4. The van der Waals surface area contributed by atoms with E-state index in [0.717, 1.165) is 42.9 Å². The predicted octanol–water partition coefficient (Wildman–Crippen LogP) is 3.29. The largest absolute Gasteiger partial charge is 0.496 e. The lowest BCUT2D eigenvalue weighted by molar-refractivity contribution is 0.103. The Balaban J connectivity index is 2.04. The molecule has 2 rings (SSSR count). The summed E-state index contributed by atoms with van der Waals surface area (Å²) >= 11 is 3.59. The van der Waals surface area contributed by atoms with Crippen molar-refractivity contribution in [3.05, 3.63) is 27.7 Å². The minimum absolute atomic E-state index is 0.653. The van der Waals surface area contributed by atoms with E-state index in [1.54, 1.807) is 7.11 Å². The molecule has 1 aliphatic rings. The Morgan fingerprint density at radius 1 is 1.20 bits per heavy atom. The van der Waals surface area contributed by atoms with Gasteiger partial charge in [-0.25, -0.2) is 0 Å². The number of hydrogen-bond donors (Lipinski definition) is 0. The summed E-state index contributed by atoms with van der Waals surface area (Å²) in [7, 11) is 1.76. The standard InChI is InChI=1S/C16H25BrN2O/c1-12(2)19-7-5-18(6-8-19)11-14-10-15(17)9-13(3)16(14)20-4/h9-10,12H,5-8,11H2,1-4H3.